The van der Waals surface area contributed by atoms with Crippen molar-refractivity contribution in [2.75, 3.05) is 0 Å². The summed E-state index contributed by atoms with van der Waals surface area (Å²) in [4.78, 5) is 4.45. The highest BCUT2D eigenvalue weighted by Crippen LogP contribution is 2.20. The molecule has 0 aliphatic heterocycles. The first-order valence-electron chi connectivity index (χ1n) is 5.74. The Hall–Kier alpha value is -1.82. The minimum atomic E-state index is -1.49. The van der Waals surface area contributed by atoms with E-state index in [9.17, 15) is 0 Å². The molecule has 0 aliphatic carbocycles. The predicted molar refractivity (Wildman–Crippen MR) is 75.5 cm³/mol. The summed E-state index contributed by atoms with van der Waals surface area (Å²) in [6, 6.07) is 10.7. The van der Waals surface area contributed by atoms with Gasteiger partial charge in [0.1, 0.15) is 5.65 Å². The summed E-state index contributed by atoms with van der Waals surface area (Å²) < 4.78 is 1.83. The van der Waals surface area contributed by atoms with Crippen LogP contribution >= 0.6 is 11.6 Å². The van der Waals surface area contributed by atoms with E-state index in [1.807, 2.05) is 34.9 Å². The van der Waals surface area contributed by atoms with E-state index in [4.69, 9.17) is 21.6 Å². The van der Waals surface area contributed by atoms with Crippen molar-refractivity contribution in [3.05, 3.63) is 53.8 Å². The van der Waals surface area contributed by atoms with Crippen LogP contribution in [0.4, 0.5) is 0 Å². The molecule has 0 amide bonds. The van der Waals surface area contributed by atoms with Crippen LogP contribution < -0.4 is 5.46 Å². The van der Waals surface area contributed by atoms with Crippen molar-refractivity contribution in [1.82, 2.24) is 9.38 Å². The largest absolute Gasteiger partial charge is 0.488 e. The van der Waals surface area contributed by atoms with Gasteiger partial charge in [-0.2, -0.15) is 0 Å². The summed E-state index contributed by atoms with van der Waals surface area (Å²) in [6.07, 6.45) is 3.63. The second-order valence-electron chi connectivity index (χ2n) is 4.23. The van der Waals surface area contributed by atoms with Crippen LogP contribution in [0.3, 0.4) is 0 Å². The lowest BCUT2D eigenvalue weighted by atomic mass is 9.81. The molecule has 2 heterocycles. The maximum atomic E-state index is 9.14. The van der Waals surface area contributed by atoms with Crippen molar-refractivity contribution in [3.63, 3.8) is 0 Å². The zero-order valence-corrected chi connectivity index (χ0v) is 10.6. The average Bonchev–Trinajstić information content (AvgIpc) is 2.82. The monoisotopic (exact) mass is 272 g/mol. The number of halogens is 1. The summed E-state index contributed by atoms with van der Waals surface area (Å²) in [5, 5.41) is 19.0. The molecule has 0 saturated carbocycles. The van der Waals surface area contributed by atoms with Gasteiger partial charge in [-0.15, -0.1) is 0 Å². The number of nitrogens with zero attached hydrogens (tertiary/aromatic N) is 2. The summed E-state index contributed by atoms with van der Waals surface area (Å²) in [5.74, 6) is 0. The Kier molecular flexibility index (Phi) is 3.02. The van der Waals surface area contributed by atoms with Gasteiger partial charge in [0.15, 0.2) is 0 Å². The zero-order chi connectivity index (χ0) is 13.4. The Bertz CT molecular complexity index is 725. The fourth-order valence-electron chi connectivity index (χ4n) is 1.92. The third-order valence-corrected chi connectivity index (χ3v) is 3.17. The number of benzene rings is 1. The third-order valence-electron chi connectivity index (χ3n) is 2.92. The average molecular weight is 272 g/mol. The van der Waals surface area contributed by atoms with Crippen molar-refractivity contribution in [2.24, 2.45) is 0 Å². The molecule has 6 heteroatoms. The number of pyridine rings is 1. The maximum absolute atomic E-state index is 9.14. The summed E-state index contributed by atoms with van der Waals surface area (Å²) in [5.41, 5.74) is 2.84. The van der Waals surface area contributed by atoms with Gasteiger partial charge in [0.25, 0.3) is 0 Å². The highest BCUT2D eigenvalue weighted by molar-refractivity contribution is 6.58. The lowest BCUT2D eigenvalue weighted by molar-refractivity contribution is 0.426. The quantitative estimate of drug-likeness (QED) is 0.692. The first-order chi connectivity index (χ1) is 9.13. The molecule has 1 aromatic carbocycles. The Morgan fingerprint density at radius 1 is 1.11 bits per heavy atom. The van der Waals surface area contributed by atoms with Gasteiger partial charge in [-0.05, 0) is 29.7 Å². The van der Waals surface area contributed by atoms with Gasteiger partial charge in [0.2, 0.25) is 0 Å². The minimum absolute atomic E-state index is 0.417. The van der Waals surface area contributed by atoms with E-state index >= 15 is 0 Å². The molecule has 0 aliphatic rings. The highest BCUT2D eigenvalue weighted by atomic mass is 35.5. The fraction of sp³-hybridized carbons (Fsp3) is 0. The lowest BCUT2D eigenvalue weighted by Gasteiger charge is -1.98. The first-order valence-corrected chi connectivity index (χ1v) is 6.12. The van der Waals surface area contributed by atoms with E-state index < -0.39 is 7.12 Å². The standard InChI is InChI=1S/C13H10BClN2O2/c15-11-3-1-9(2-4-11)12-8-17-6-5-10(14(18)19)7-13(17)16-12/h1-8,18-19H. The van der Waals surface area contributed by atoms with Crippen LogP contribution in [0.25, 0.3) is 16.9 Å². The van der Waals surface area contributed by atoms with Crippen LogP contribution in [-0.2, 0) is 0 Å². The molecule has 0 radical (unpaired) electrons. The Labute approximate surface area is 115 Å². The second-order valence-corrected chi connectivity index (χ2v) is 4.67. The summed E-state index contributed by atoms with van der Waals surface area (Å²) in [7, 11) is -1.49. The summed E-state index contributed by atoms with van der Waals surface area (Å²) in [6.45, 7) is 0. The number of fused-ring (bicyclic) bond motifs is 1. The highest BCUT2D eigenvalue weighted by Gasteiger charge is 2.12. The van der Waals surface area contributed by atoms with Crippen LogP contribution in [0.2, 0.25) is 5.02 Å². The molecule has 3 aromatic rings. The van der Waals surface area contributed by atoms with E-state index in [1.165, 1.54) is 0 Å². The van der Waals surface area contributed by atoms with Gasteiger partial charge in [-0.1, -0.05) is 23.7 Å². The van der Waals surface area contributed by atoms with Crippen LogP contribution in [-0.4, -0.2) is 26.6 Å². The smallest absolute Gasteiger partial charge is 0.423 e. The van der Waals surface area contributed by atoms with Crippen molar-refractivity contribution in [2.45, 2.75) is 0 Å². The normalized spacial score (nSPS) is 10.9. The third kappa shape index (κ3) is 2.36. The summed E-state index contributed by atoms with van der Waals surface area (Å²) >= 11 is 5.85. The lowest BCUT2D eigenvalue weighted by Crippen LogP contribution is -2.29. The molecule has 0 fully saturated rings. The van der Waals surface area contributed by atoms with Crippen molar-refractivity contribution in [3.8, 4) is 11.3 Å². The molecule has 0 bridgehead atoms. The van der Waals surface area contributed by atoms with E-state index in [0.717, 1.165) is 11.3 Å². The Balaban J connectivity index is 2.08. The topological polar surface area (TPSA) is 57.8 Å². The minimum Gasteiger partial charge on any atom is -0.423 e. The van der Waals surface area contributed by atoms with Crippen LogP contribution in [0.5, 0.6) is 0 Å². The molecule has 2 N–H and O–H groups in total. The van der Waals surface area contributed by atoms with Gasteiger partial charge < -0.3 is 14.4 Å². The van der Waals surface area contributed by atoms with Crippen LogP contribution in [0.1, 0.15) is 0 Å². The number of imidazole rings is 1. The predicted octanol–water partition coefficient (Wildman–Crippen LogP) is 1.33. The van der Waals surface area contributed by atoms with Crippen LogP contribution in [0.15, 0.2) is 48.8 Å². The van der Waals surface area contributed by atoms with Gasteiger partial charge in [0, 0.05) is 23.0 Å². The van der Waals surface area contributed by atoms with Crippen molar-refractivity contribution < 1.29 is 10.0 Å². The molecule has 19 heavy (non-hydrogen) atoms. The molecular formula is C13H10BClN2O2. The van der Waals surface area contributed by atoms with Crippen molar-refractivity contribution in [1.29, 1.82) is 0 Å². The SMILES string of the molecule is OB(O)c1ccn2cc(-c3ccc(Cl)cc3)nc2c1. The van der Waals surface area contributed by atoms with E-state index in [1.54, 1.807) is 18.3 Å². The molecule has 0 atom stereocenters. The second kappa shape index (κ2) is 4.70. The van der Waals surface area contributed by atoms with E-state index in [0.29, 0.717) is 16.1 Å². The first kappa shape index (κ1) is 12.2. The van der Waals surface area contributed by atoms with Gasteiger partial charge in [-0.25, -0.2) is 4.98 Å². The fourth-order valence-corrected chi connectivity index (χ4v) is 2.04. The maximum Gasteiger partial charge on any atom is 0.488 e. The molecule has 0 saturated heterocycles. The van der Waals surface area contributed by atoms with Gasteiger partial charge in [0.05, 0.1) is 5.69 Å². The molecule has 0 unspecified atom stereocenters. The molecule has 94 valence electrons. The van der Waals surface area contributed by atoms with E-state index in [2.05, 4.69) is 4.98 Å². The van der Waals surface area contributed by atoms with Crippen LogP contribution in [0, 0.1) is 0 Å². The number of rotatable bonds is 2. The number of hydrogen-bond donors (Lipinski definition) is 2. The molecule has 4 nitrogen and oxygen atoms in total. The zero-order valence-electron chi connectivity index (χ0n) is 9.86. The molecule has 0 spiro atoms. The Morgan fingerprint density at radius 3 is 2.53 bits per heavy atom. The molecular weight excluding hydrogens is 262 g/mol. The number of hydrogen-bond acceptors (Lipinski definition) is 3. The van der Waals surface area contributed by atoms with Gasteiger partial charge in [-0.3, -0.25) is 0 Å². The molecule has 3 rings (SSSR count). The van der Waals surface area contributed by atoms with Gasteiger partial charge >= 0.3 is 7.12 Å². The molecule has 2 aromatic heterocycles. The van der Waals surface area contributed by atoms with Crippen molar-refractivity contribution >= 4 is 29.8 Å². The van der Waals surface area contributed by atoms with E-state index in [-0.39, 0.29) is 0 Å². The Morgan fingerprint density at radius 2 is 1.84 bits per heavy atom. The number of aromatic nitrogens is 2.